The molecule has 0 amide bonds. The van der Waals surface area contributed by atoms with Gasteiger partial charge in [0.25, 0.3) is 5.56 Å². The first-order chi connectivity index (χ1) is 8.34. The van der Waals surface area contributed by atoms with Gasteiger partial charge in [-0.15, -0.1) is 0 Å². The van der Waals surface area contributed by atoms with Crippen molar-refractivity contribution in [2.75, 3.05) is 0 Å². The van der Waals surface area contributed by atoms with Gasteiger partial charge in [-0.1, -0.05) is 0 Å². The number of aromatic amines is 1. The third-order valence-corrected chi connectivity index (χ3v) is 2.25. The normalized spacial score (nSPS) is 10.9. The molecule has 0 aliphatic carbocycles. The van der Waals surface area contributed by atoms with E-state index in [1.807, 2.05) is 0 Å². The first-order valence-corrected chi connectivity index (χ1v) is 4.47. The molecule has 4 nitrogen and oxygen atoms in total. The van der Waals surface area contributed by atoms with Crippen molar-refractivity contribution in [2.45, 2.75) is 0 Å². The number of halogens is 4. The van der Waals surface area contributed by atoms with E-state index >= 15 is 0 Å². The summed E-state index contributed by atoms with van der Waals surface area (Å²) in [4.78, 5) is 23.6. The molecule has 0 radical (unpaired) electrons. The van der Waals surface area contributed by atoms with E-state index < -0.39 is 50.9 Å². The average Bonchev–Trinajstić information content (AvgIpc) is 2.42. The van der Waals surface area contributed by atoms with Crippen LogP contribution >= 0.6 is 0 Å². The summed E-state index contributed by atoms with van der Waals surface area (Å²) in [6.45, 7) is 0. The molecule has 0 unspecified atom stereocenters. The molecule has 18 heavy (non-hydrogen) atoms. The first kappa shape index (κ1) is 12.1. The summed E-state index contributed by atoms with van der Waals surface area (Å²) in [5.41, 5.74) is -3.86. The van der Waals surface area contributed by atoms with E-state index in [9.17, 15) is 32.3 Å². The minimum Gasteiger partial charge on any atom is -0.507 e. The third-order valence-electron chi connectivity index (χ3n) is 2.25. The number of rotatable bonds is 0. The van der Waals surface area contributed by atoms with E-state index in [2.05, 4.69) is 0 Å². The SMILES string of the molecule is O=c1cc(O)c2c(F)c(F)c(F)c(F)c2[nH]c1=O. The van der Waals surface area contributed by atoms with Gasteiger partial charge in [0.2, 0.25) is 5.43 Å². The molecular weight excluding hydrogens is 258 g/mol. The molecule has 0 spiro atoms. The second kappa shape index (κ2) is 3.83. The molecule has 94 valence electrons. The number of nitrogens with one attached hydrogen (secondary N) is 1. The fourth-order valence-electron chi connectivity index (χ4n) is 1.43. The van der Waals surface area contributed by atoms with Gasteiger partial charge in [-0.3, -0.25) is 9.59 Å². The summed E-state index contributed by atoms with van der Waals surface area (Å²) in [7, 11) is 0. The van der Waals surface area contributed by atoms with Gasteiger partial charge in [0.15, 0.2) is 23.3 Å². The lowest BCUT2D eigenvalue weighted by molar-refractivity contribution is 0.414. The third kappa shape index (κ3) is 1.53. The van der Waals surface area contributed by atoms with Gasteiger partial charge >= 0.3 is 0 Å². The highest BCUT2D eigenvalue weighted by atomic mass is 19.2. The van der Waals surface area contributed by atoms with Gasteiger partial charge in [-0.25, -0.2) is 17.6 Å². The molecular formula is C10H3F4NO3. The highest BCUT2D eigenvalue weighted by molar-refractivity contribution is 5.85. The second-order valence-electron chi connectivity index (χ2n) is 3.35. The lowest BCUT2D eigenvalue weighted by Crippen LogP contribution is -2.22. The molecule has 0 fully saturated rings. The largest absolute Gasteiger partial charge is 0.507 e. The van der Waals surface area contributed by atoms with Gasteiger partial charge in [0.1, 0.15) is 5.75 Å². The highest BCUT2D eigenvalue weighted by Gasteiger charge is 2.23. The number of H-pyrrole nitrogens is 1. The fourth-order valence-corrected chi connectivity index (χ4v) is 1.43. The van der Waals surface area contributed by atoms with E-state index in [1.165, 1.54) is 0 Å². The Morgan fingerprint density at radius 3 is 2.11 bits per heavy atom. The Balaban J connectivity index is 3.28. The molecule has 2 aromatic rings. The molecule has 0 atom stereocenters. The number of hydrogen-bond acceptors (Lipinski definition) is 3. The van der Waals surface area contributed by atoms with Gasteiger partial charge < -0.3 is 10.1 Å². The van der Waals surface area contributed by atoms with Crippen LogP contribution in [0.15, 0.2) is 15.7 Å². The van der Waals surface area contributed by atoms with Crippen molar-refractivity contribution in [3.05, 3.63) is 49.9 Å². The molecule has 1 aromatic heterocycles. The highest BCUT2D eigenvalue weighted by Crippen LogP contribution is 2.29. The van der Waals surface area contributed by atoms with E-state index in [0.717, 1.165) is 0 Å². The van der Waals surface area contributed by atoms with Crippen molar-refractivity contribution in [3.8, 4) is 5.75 Å². The average molecular weight is 261 g/mol. The summed E-state index contributed by atoms with van der Waals surface area (Å²) >= 11 is 0. The van der Waals surface area contributed by atoms with Crippen LogP contribution in [0.25, 0.3) is 10.9 Å². The zero-order valence-electron chi connectivity index (χ0n) is 8.35. The molecule has 2 N–H and O–H groups in total. The number of hydrogen-bond donors (Lipinski definition) is 2. The fraction of sp³-hybridized carbons (Fsp3) is 0. The van der Waals surface area contributed by atoms with Crippen LogP contribution in [0.4, 0.5) is 17.6 Å². The lowest BCUT2D eigenvalue weighted by atomic mass is 10.2. The van der Waals surface area contributed by atoms with Crippen LogP contribution in [0, 0.1) is 23.3 Å². The maximum atomic E-state index is 13.4. The monoisotopic (exact) mass is 261 g/mol. The number of aromatic hydroxyl groups is 1. The Morgan fingerprint density at radius 2 is 1.50 bits per heavy atom. The van der Waals surface area contributed by atoms with Gasteiger partial charge in [-0.2, -0.15) is 0 Å². The number of aromatic nitrogens is 1. The van der Waals surface area contributed by atoms with E-state index in [0.29, 0.717) is 0 Å². The van der Waals surface area contributed by atoms with Crippen LogP contribution in [-0.2, 0) is 0 Å². The zero-order chi connectivity index (χ0) is 13.6. The van der Waals surface area contributed by atoms with Crippen molar-refractivity contribution in [2.24, 2.45) is 0 Å². The van der Waals surface area contributed by atoms with Crippen molar-refractivity contribution >= 4 is 10.9 Å². The van der Waals surface area contributed by atoms with Crippen LogP contribution in [0.5, 0.6) is 5.75 Å². The molecule has 0 aliphatic rings. The molecule has 0 bridgehead atoms. The van der Waals surface area contributed by atoms with Crippen LogP contribution in [0.2, 0.25) is 0 Å². The minimum absolute atomic E-state index is 0.279. The smallest absolute Gasteiger partial charge is 0.296 e. The maximum absolute atomic E-state index is 13.4. The molecule has 0 aliphatic heterocycles. The Morgan fingerprint density at radius 1 is 0.944 bits per heavy atom. The summed E-state index contributed by atoms with van der Waals surface area (Å²) in [6, 6.07) is 0.279. The topological polar surface area (TPSA) is 70.2 Å². The van der Waals surface area contributed by atoms with Crippen molar-refractivity contribution in [1.82, 2.24) is 4.98 Å². The lowest BCUT2D eigenvalue weighted by Gasteiger charge is -2.02. The van der Waals surface area contributed by atoms with E-state index in [-0.39, 0.29) is 6.07 Å². The molecule has 0 saturated carbocycles. The van der Waals surface area contributed by atoms with Crippen molar-refractivity contribution < 1.29 is 22.7 Å². The zero-order valence-corrected chi connectivity index (χ0v) is 8.35. The van der Waals surface area contributed by atoms with E-state index in [4.69, 9.17) is 0 Å². The van der Waals surface area contributed by atoms with Crippen LogP contribution in [0.3, 0.4) is 0 Å². The van der Waals surface area contributed by atoms with Gasteiger partial charge in [0.05, 0.1) is 10.9 Å². The summed E-state index contributed by atoms with van der Waals surface area (Å²) in [6.07, 6.45) is 0. The van der Waals surface area contributed by atoms with Gasteiger partial charge in [0, 0.05) is 6.07 Å². The maximum Gasteiger partial charge on any atom is 0.296 e. The van der Waals surface area contributed by atoms with Crippen LogP contribution in [0.1, 0.15) is 0 Å². The quantitative estimate of drug-likeness (QED) is 0.323. The van der Waals surface area contributed by atoms with Crippen molar-refractivity contribution in [1.29, 1.82) is 0 Å². The standard InChI is InChI=1S/C10H3F4NO3/c11-5-4-2(16)1-3(17)10(18)15-9(4)8(14)7(13)6(5)12/h1,16H,(H,15,17,18). The number of fused-ring (bicyclic) bond motifs is 1. The minimum atomic E-state index is -2.16. The summed E-state index contributed by atoms with van der Waals surface area (Å²) in [5, 5.41) is 8.18. The molecule has 2 rings (SSSR count). The molecule has 1 heterocycles. The molecule has 1 aromatic carbocycles. The summed E-state index contributed by atoms with van der Waals surface area (Å²) in [5.74, 6) is -9.31. The Hall–Kier alpha value is -2.38. The summed E-state index contributed by atoms with van der Waals surface area (Å²) < 4.78 is 52.6. The molecule has 0 saturated heterocycles. The second-order valence-corrected chi connectivity index (χ2v) is 3.35. The number of benzene rings is 1. The first-order valence-electron chi connectivity index (χ1n) is 4.47. The van der Waals surface area contributed by atoms with E-state index in [1.54, 1.807) is 4.98 Å². The van der Waals surface area contributed by atoms with Crippen LogP contribution in [-0.4, -0.2) is 10.1 Å². The Labute approximate surface area is 95.1 Å². The Kier molecular flexibility index (Phi) is 2.57. The molecule has 8 heteroatoms. The Bertz CT molecular complexity index is 785. The predicted octanol–water partition coefficient (Wildman–Crippen LogP) is 1.15. The van der Waals surface area contributed by atoms with Crippen LogP contribution < -0.4 is 11.0 Å². The van der Waals surface area contributed by atoms with Gasteiger partial charge in [-0.05, 0) is 0 Å². The van der Waals surface area contributed by atoms with Crippen molar-refractivity contribution in [3.63, 3.8) is 0 Å². The predicted molar refractivity (Wildman–Crippen MR) is 52.3 cm³/mol.